The zero-order valence-corrected chi connectivity index (χ0v) is 12.1. The second-order valence-corrected chi connectivity index (χ2v) is 5.60. The highest BCUT2D eigenvalue weighted by Crippen LogP contribution is 2.22. The van der Waals surface area contributed by atoms with Crippen LogP contribution in [0.2, 0.25) is 0 Å². The molecule has 2 N–H and O–H groups in total. The van der Waals surface area contributed by atoms with Crippen molar-refractivity contribution in [3.63, 3.8) is 0 Å². The van der Waals surface area contributed by atoms with Crippen LogP contribution in [0.4, 0.5) is 5.69 Å². The molecule has 2 aromatic rings. The molecular formula is C16H23N3O. The van der Waals surface area contributed by atoms with E-state index in [9.17, 15) is 0 Å². The van der Waals surface area contributed by atoms with E-state index in [2.05, 4.69) is 17.6 Å². The lowest BCUT2D eigenvalue weighted by Crippen LogP contribution is -2.12. The van der Waals surface area contributed by atoms with Gasteiger partial charge in [0.15, 0.2) is 0 Å². The molecule has 3 rings (SSSR count). The fraction of sp³-hybridized carbons (Fsp3) is 0.562. The maximum atomic E-state index is 5.86. The molecule has 4 heteroatoms. The van der Waals surface area contributed by atoms with Gasteiger partial charge in [-0.15, -0.1) is 0 Å². The van der Waals surface area contributed by atoms with Crippen molar-refractivity contribution in [2.75, 3.05) is 12.3 Å². The number of benzene rings is 1. The van der Waals surface area contributed by atoms with E-state index in [1.807, 2.05) is 12.1 Å². The van der Waals surface area contributed by atoms with Gasteiger partial charge in [-0.1, -0.05) is 6.92 Å². The fourth-order valence-electron chi connectivity index (χ4n) is 3.01. The molecule has 0 saturated carbocycles. The summed E-state index contributed by atoms with van der Waals surface area (Å²) in [4.78, 5) is 4.75. The van der Waals surface area contributed by atoms with Gasteiger partial charge in [0.05, 0.1) is 17.1 Å². The number of nitrogens with zero attached hydrogens (tertiary/aromatic N) is 2. The molecule has 1 atom stereocenters. The normalized spacial score (nSPS) is 18.9. The molecule has 0 amide bonds. The predicted molar refractivity (Wildman–Crippen MR) is 81.7 cm³/mol. The lowest BCUT2D eigenvalue weighted by Gasteiger charge is -2.12. The number of rotatable bonds is 5. The average Bonchev–Trinajstić information content (AvgIpc) is 3.04. The Labute approximate surface area is 119 Å². The van der Waals surface area contributed by atoms with Gasteiger partial charge in [0, 0.05) is 25.3 Å². The maximum Gasteiger partial charge on any atom is 0.109 e. The van der Waals surface area contributed by atoms with Crippen LogP contribution in [0.5, 0.6) is 0 Å². The van der Waals surface area contributed by atoms with Crippen LogP contribution in [0, 0.1) is 0 Å². The SMILES string of the molecule is CCCc1nc2cc(N)ccc2n1CCC1CCCO1. The van der Waals surface area contributed by atoms with E-state index >= 15 is 0 Å². The molecular weight excluding hydrogens is 250 g/mol. The van der Waals surface area contributed by atoms with Crippen LogP contribution < -0.4 is 5.73 Å². The van der Waals surface area contributed by atoms with Gasteiger partial charge in [-0.3, -0.25) is 0 Å². The Kier molecular flexibility index (Phi) is 3.92. The Balaban J connectivity index is 1.87. The van der Waals surface area contributed by atoms with Crippen LogP contribution in [0.25, 0.3) is 11.0 Å². The van der Waals surface area contributed by atoms with Gasteiger partial charge in [-0.05, 0) is 43.9 Å². The van der Waals surface area contributed by atoms with Crippen LogP contribution >= 0.6 is 0 Å². The summed E-state index contributed by atoms with van der Waals surface area (Å²) in [6.45, 7) is 4.10. The summed E-state index contributed by atoms with van der Waals surface area (Å²) in [5.74, 6) is 1.17. The van der Waals surface area contributed by atoms with E-state index in [4.69, 9.17) is 15.5 Å². The van der Waals surface area contributed by atoms with E-state index < -0.39 is 0 Å². The number of nitrogen functional groups attached to an aromatic ring is 1. The Morgan fingerprint density at radius 3 is 3.10 bits per heavy atom. The van der Waals surface area contributed by atoms with Gasteiger partial charge in [0.2, 0.25) is 0 Å². The quantitative estimate of drug-likeness (QED) is 0.851. The molecule has 20 heavy (non-hydrogen) atoms. The highest BCUT2D eigenvalue weighted by Gasteiger charge is 2.17. The summed E-state index contributed by atoms with van der Waals surface area (Å²) in [5, 5.41) is 0. The van der Waals surface area contributed by atoms with E-state index in [0.29, 0.717) is 6.10 Å². The minimum Gasteiger partial charge on any atom is -0.399 e. The number of aryl methyl sites for hydroxylation is 2. The van der Waals surface area contributed by atoms with Gasteiger partial charge in [0.25, 0.3) is 0 Å². The first-order chi connectivity index (χ1) is 9.78. The predicted octanol–water partition coefficient (Wildman–Crippen LogP) is 3.14. The minimum atomic E-state index is 0.427. The summed E-state index contributed by atoms with van der Waals surface area (Å²) in [6, 6.07) is 6.02. The van der Waals surface area contributed by atoms with Crippen molar-refractivity contribution in [2.45, 2.75) is 51.7 Å². The molecule has 0 aliphatic carbocycles. The first kappa shape index (κ1) is 13.4. The van der Waals surface area contributed by atoms with Crippen molar-refractivity contribution in [3.05, 3.63) is 24.0 Å². The van der Waals surface area contributed by atoms with Crippen molar-refractivity contribution in [1.82, 2.24) is 9.55 Å². The van der Waals surface area contributed by atoms with Crippen LogP contribution in [0.15, 0.2) is 18.2 Å². The van der Waals surface area contributed by atoms with Gasteiger partial charge in [0.1, 0.15) is 5.82 Å². The number of ether oxygens (including phenoxy) is 1. The van der Waals surface area contributed by atoms with Crippen LogP contribution in [-0.2, 0) is 17.7 Å². The number of aromatic nitrogens is 2. The van der Waals surface area contributed by atoms with Gasteiger partial charge in [-0.25, -0.2) is 4.98 Å². The number of nitrogens with two attached hydrogens (primary N) is 1. The van der Waals surface area contributed by atoms with Crippen LogP contribution in [-0.4, -0.2) is 22.3 Å². The molecule has 1 unspecified atom stereocenters. The van der Waals surface area contributed by atoms with Crippen molar-refractivity contribution in [3.8, 4) is 0 Å². The number of hydrogen-bond acceptors (Lipinski definition) is 3. The molecule has 4 nitrogen and oxygen atoms in total. The molecule has 0 spiro atoms. The third kappa shape index (κ3) is 2.66. The Morgan fingerprint density at radius 2 is 2.35 bits per heavy atom. The van der Waals surface area contributed by atoms with E-state index in [0.717, 1.165) is 43.6 Å². The van der Waals surface area contributed by atoms with Crippen LogP contribution in [0.3, 0.4) is 0 Å². The van der Waals surface area contributed by atoms with Gasteiger partial charge < -0.3 is 15.0 Å². The van der Waals surface area contributed by atoms with Crippen molar-refractivity contribution >= 4 is 16.7 Å². The Morgan fingerprint density at radius 1 is 1.45 bits per heavy atom. The maximum absolute atomic E-state index is 5.86. The van der Waals surface area contributed by atoms with Gasteiger partial charge in [-0.2, -0.15) is 0 Å². The summed E-state index contributed by atoms with van der Waals surface area (Å²) in [6.07, 6.45) is 6.03. The molecule has 1 saturated heterocycles. The van der Waals surface area contributed by atoms with E-state index in [1.54, 1.807) is 0 Å². The fourth-order valence-corrected chi connectivity index (χ4v) is 3.01. The smallest absolute Gasteiger partial charge is 0.109 e. The average molecular weight is 273 g/mol. The molecule has 1 aliphatic heterocycles. The Hall–Kier alpha value is -1.55. The molecule has 1 aliphatic rings. The molecule has 0 radical (unpaired) electrons. The first-order valence-corrected chi connectivity index (χ1v) is 7.64. The zero-order valence-electron chi connectivity index (χ0n) is 12.1. The molecule has 1 fully saturated rings. The third-order valence-electron chi connectivity index (χ3n) is 4.02. The number of hydrogen-bond donors (Lipinski definition) is 1. The number of anilines is 1. The lowest BCUT2D eigenvalue weighted by molar-refractivity contribution is 0.100. The first-order valence-electron chi connectivity index (χ1n) is 7.64. The molecule has 108 valence electrons. The van der Waals surface area contributed by atoms with Crippen molar-refractivity contribution < 1.29 is 4.74 Å². The number of fused-ring (bicyclic) bond motifs is 1. The monoisotopic (exact) mass is 273 g/mol. The third-order valence-corrected chi connectivity index (χ3v) is 4.02. The lowest BCUT2D eigenvalue weighted by atomic mass is 10.2. The summed E-state index contributed by atoms with van der Waals surface area (Å²) >= 11 is 0. The molecule has 1 aromatic heterocycles. The summed E-state index contributed by atoms with van der Waals surface area (Å²) in [7, 11) is 0. The molecule has 0 bridgehead atoms. The van der Waals surface area contributed by atoms with Crippen LogP contribution in [0.1, 0.15) is 38.4 Å². The summed E-state index contributed by atoms with van der Waals surface area (Å²) < 4.78 is 8.08. The Bertz CT molecular complexity index is 585. The second kappa shape index (κ2) is 5.83. The number of imidazole rings is 1. The van der Waals surface area contributed by atoms with Crippen molar-refractivity contribution in [1.29, 1.82) is 0 Å². The second-order valence-electron chi connectivity index (χ2n) is 5.60. The highest BCUT2D eigenvalue weighted by molar-refractivity contribution is 5.79. The topological polar surface area (TPSA) is 53.1 Å². The molecule has 1 aromatic carbocycles. The minimum absolute atomic E-state index is 0.427. The van der Waals surface area contributed by atoms with Gasteiger partial charge >= 0.3 is 0 Å². The summed E-state index contributed by atoms with van der Waals surface area (Å²) in [5.41, 5.74) is 8.85. The van der Waals surface area contributed by atoms with Crippen molar-refractivity contribution in [2.24, 2.45) is 0 Å². The van der Waals surface area contributed by atoms with E-state index in [1.165, 1.54) is 24.2 Å². The largest absolute Gasteiger partial charge is 0.399 e. The molecule has 2 heterocycles. The highest BCUT2D eigenvalue weighted by atomic mass is 16.5. The standard InChI is InChI=1S/C16H23N3O/c1-2-4-16-18-14-11-12(17)6-7-15(14)19(16)9-8-13-5-3-10-20-13/h6-7,11,13H,2-5,8-10,17H2,1H3. The van der Waals surface area contributed by atoms with E-state index in [-0.39, 0.29) is 0 Å². The zero-order chi connectivity index (χ0) is 13.9.